The summed E-state index contributed by atoms with van der Waals surface area (Å²) in [6, 6.07) is 3.68. The van der Waals surface area contributed by atoms with Gasteiger partial charge >= 0.3 is 12.2 Å². The minimum atomic E-state index is -4.88. The van der Waals surface area contributed by atoms with Crippen molar-refractivity contribution >= 4 is 33.6 Å². The monoisotopic (exact) mass is 365 g/mol. The van der Waals surface area contributed by atoms with Crippen LogP contribution in [0, 0.1) is 0 Å². The van der Waals surface area contributed by atoms with Gasteiger partial charge in [0.25, 0.3) is 5.91 Å². The van der Waals surface area contributed by atoms with Crippen molar-refractivity contribution in [3.8, 4) is 0 Å². The Morgan fingerprint density at radius 3 is 2.48 bits per heavy atom. The van der Waals surface area contributed by atoms with Crippen molar-refractivity contribution in [3.05, 3.63) is 28.2 Å². The normalized spacial score (nSPS) is 22.6. The lowest BCUT2D eigenvalue weighted by Gasteiger charge is -2.24. The molecule has 1 heterocycles. The van der Waals surface area contributed by atoms with Crippen LogP contribution in [0.15, 0.2) is 22.7 Å². The molecule has 3 amide bonds. The lowest BCUT2D eigenvalue weighted by atomic mass is 10.0. The van der Waals surface area contributed by atoms with Crippen LogP contribution in [-0.4, -0.2) is 28.6 Å². The Morgan fingerprint density at radius 2 is 2.00 bits per heavy atom. The van der Waals surface area contributed by atoms with Gasteiger partial charge in [-0.15, -0.1) is 0 Å². The number of rotatable bonds is 2. The lowest BCUT2D eigenvalue weighted by molar-refractivity contribution is -0.191. The van der Waals surface area contributed by atoms with Crippen molar-refractivity contribution in [2.75, 3.05) is 5.73 Å². The number of amides is 3. The number of imide groups is 1. The summed E-state index contributed by atoms with van der Waals surface area (Å²) >= 11 is 3.19. The molecule has 3 N–H and O–H groups in total. The number of nitrogens with one attached hydrogen (secondary N) is 1. The number of carbonyl (C=O) groups excluding carboxylic acids is 2. The molecule has 1 atom stereocenters. The van der Waals surface area contributed by atoms with E-state index < -0.39 is 23.7 Å². The Labute approximate surface area is 126 Å². The largest absolute Gasteiger partial charge is 0.420 e. The van der Waals surface area contributed by atoms with Crippen molar-refractivity contribution in [1.82, 2.24) is 10.2 Å². The van der Waals surface area contributed by atoms with Crippen LogP contribution in [0.2, 0.25) is 0 Å². The van der Waals surface area contributed by atoms with Crippen LogP contribution in [0.5, 0.6) is 0 Å². The van der Waals surface area contributed by atoms with Gasteiger partial charge in [-0.1, -0.05) is 22.0 Å². The van der Waals surface area contributed by atoms with E-state index in [1.54, 1.807) is 17.4 Å². The van der Waals surface area contributed by atoms with E-state index in [0.29, 0.717) is 21.9 Å². The minimum Gasteiger partial charge on any atom is -0.398 e. The Kier molecular flexibility index (Phi) is 3.64. The predicted octanol–water partition coefficient (Wildman–Crippen LogP) is 2.40. The van der Waals surface area contributed by atoms with Crippen molar-refractivity contribution in [2.24, 2.45) is 0 Å². The molecule has 1 aliphatic heterocycles. The molecule has 0 radical (unpaired) electrons. The molecular weight excluding hydrogens is 355 g/mol. The Bertz CT molecular complexity index is 600. The first-order valence-corrected chi connectivity index (χ1v) is 6.61. The van der Waals surface area contributed by atoms with Gasteiger partial charge in [-0.25, -0.2) is 4.79 Å². The summed E-state index contributed by atoms with van der Waals surface area (Å²) in [6.07, 6.45) is -4.88. The van der Waals surface area contributed by atoms with E-state index in [-0.39, 0.29) is 12.2 Å². The number of halogens is 4. The molecule has 1 fully saturated rings. The Balaban J connectivity index is 2.35. The number of anilines is 1. The predicted molar refractivity (Wildman–Crippen MR) is 72.1 cm³/mol. The zero-order chi connectivity index (χ0) is 16.0. The molecular formula is C12H11BrF3N3O2. The van der Waals surface area contributed by atoms with Crippen LogP contribution in [-0.2, 0) is 11.3 Å². The summed E-state index contributed by atoms with van der Waals surface area (Å²) in [4.78, 5) is 24.2. The third-order valence-electron chi connectivity index (χ3n) is 3.31. The SMILES string of the molecule is CC1(C(F)(F)F)NC(=O)N(Cc2c(N)cccc2Br)C1=O. The molecule has 5 nitrogen and oxygen atoms in total. The number of nitrogens with two attached hydrogens (primary N) is 1. The summed E-state index contributed by atoms with van der Waals surface area (Å²) in [5.74, 6) is -1.35. The molecule has 21 heavy (non-hydrogen) atoms. The van der Waals surface area contributed by atoms with Gasteiger partial charge in [-0.2, -0.15) is 13.2 Å². The van der Waals surface area contributed by atoms with Gasteiger partial charge in [-0.3, -0.25) is 9.69 Å². The molecule has 1 aliphatic rings. The van der Waals surface area contributed by atoms with E-state index in [4.69, 9.17) is 5.73 Å². The highest BCUT2D eigenvalue weighted by Crippen LogP contribution is 2.36. The number of hydrogen-bond donors (Lipinski definition) is 2. The van der Waals surface area contributed by atoms with Crippen molar-refractivity contribution < 1.29 is 22.8 Å². The maximum Gasteiger partial charge on any atom is 0.420 e. The second kappa shape index (κ2) is 4.90. The second-order valence-electron chi connectivity index (χ2n) is 4.75. The van der Waals surface area contributed by atoms with Crippen LogP contribution < -0.4 is 11.1 Å². The van der Waals surface area contributed by atoms with Gasteiger partial charge in [0.2, 0.25) is 5.54 Å². The number of nitrogens with zero attached hydrogens (tertiary/aromatic N) is 1. The molecule has 1 aromatic rings. The fourth-order valence-corrected chi connectivity index (χ4v) is 2.44. The maximum absolute atomic E-state index is 12.9. The molecule has 1 unspecified atom stereocenters. The fraction of sp³-hybridized carbons (Fsp3) is 0.333. The van der Waals surface area contributed by atoms with Crippen LogP contribution >= 0.6 is 15.9 Å². The van der Waals surface area contributed by atoms with Crippen molar-refractivity contribution in [1.29, 1.82) is 0 Å². The van der Waals surface area contributed by atoms with Gasteiger partial charge in [0.05, 0.1) is 6.54 Å². The van der Waals surface area contributed by atoms with Crippen LogP contribution in [0.25, 0.3) is 0 Å². The van der Waals surface area contributed by atoms with E-state index in [1.165, 1.54) is 6.07 Å². The van der Waals surface area contributed by atoms with Gasteiger partial charge < -0.3 is 11.1 Å². The molecule has 0 spiro atoms. The molecule has 9 heteroatoms. The highest BCUT2D eigenvalue weighted by molar-refractivity contribution is 9.10. The molecule has 0 aliphatic carbocycles. The smallest absolute Gasteiger partial charge is 0.398 e. The topological polar surface area (TPSA) is 75.4 Å². The quantitative estimate of drug-likeness (QED) is 0.624. The number of hydrogen-bond acceptors (Lipinski definition) is 3. The van der Waals surface area contributed by atoms with E-state index in [0.717, 1.165) is 0 Å². The first kappa shape index (κ1) is 15.6. The van der Waals surface area contributed by atoms with E-state index in [1.807, 2.05) is 0 Å². The number of benzene rings is 1. The molecule has 0 aromatic heterocycles. The second-order valence-corrected chi connectivity index (χ2v) is 5.61. The standard InChI is InChI=1S/C12H11BrF3N3O2/c1-11(12(14,15)16)9(20)19(10(21)18-11)5-6-7(13)3-2-4-8(6)17/h2-4H,5,17H2,1H3,(H,18,21). The van der Waals surface area contributed by atoms with Gasteiger partial charge in [0.15, 0.2) is 0 Å². The highest BCUT2D eigenvalue weighted by Gasteiger charge is 2.64. The van der Waals surface area contributed by atoms with E-state index >= 15 is 0 Å². The summed E-state index contributed by atoms with van der Waals surface area (Å²) in [6.45, 7) is 0.292. The molecule has 2 rings (SSSR count). The van der Waals surface area contributed by atoms with Crippen LogP contribution in [0.3, 0.4) is 0 Å². The van der Waals surface area contributed by atoms with Crippen LogP contribution in [0.4, 0.5) is 23.7 Å². The Hall–Kier alpha value is -1.77. The molecule has 0 saturated carbocycles. The van der Waals surface area contributed by atoms with Gasteiger partial charge in [0, 0.05) is 15.7 Å². The number of alkyl halides is 3. The van der Waals surface area contributed by atoms with E-state index in [2.05, 4.69) is 15.9 Å². The first-order chi connectivity index (χ1) is 9.58. The summed E-state index contributed by atoms with van der Waals surface area (Å²) in [5, 5.41) is 1.69. The number of nitrogen functional groups attached to an aromatic ring is 1. The number of urea groups is 1. The van der Waals surface area contributed by atoms with Gasteiger partial charge in [-0.05, 0) is 19.1 Å². The average Bonchev–Trinajstić information content (AvgIpc) is 2.57. The van der Waals surface area contributed by atoms with Crippen molar-refractivity contribution in [2.45, 2.75) is 25.2 Å². The lowest BCUT2D eigenvalue weighted by Crippen LogP contribution is -2.56. The molecule has 1 aromatic carbocycles. The summed E-state index contributed by atoms with van der Waals surface area (Å²) in [5.41, 5.74) is 3.44. The van der Waals surface area contributed by atoms with Crippen LogP contribution in [0.1, 0.15) is 12.5 Å². The highest BCUT2D eigenvalue weighted by atomic mass is 79.9. The van der Waals surface area contributed by atoms with Gasteiger partial charge in [0.1, 0.15) is 0 Å². The Morgan fingerprint density at radius 1 is 1.38 bits per heavy atom. The maximum atomic E-state index is 12.9. The molecule has 0 bridgehead atoms. The fourth-order valence-electron chi connectivity index (χ4n) is 1.93. The third kappa shape index (κ3) is 2.45. The molecule has 1 saturated heterocycles. The van der Waals surface area contributed by atoms with Crippen molar-refractivity contribution in [3.63, 3.8) is 0 Å². The summed E-state index contributed by atoms with van der Waals surface area (Å²) < 4.78 is 39.3. The zero-order valence-corrected chi connectivity index (χ0v) is 12.4. The number of carbonyl (C=O) groups is 2. The average molecular weight is 366 g/mol. The zero-order valence-electron chi connectivity index (χ0n) is 10.8. The van der Waals surface area contributed by atoms with E-state index in [9.17, 15) is 22.8 Å². The summed E-state index contributed by atoms with van der Waals surface area (Å²) in [7, 11) is 0. The molecule has 114 valence electrons. The minimum absolute atomic E-state index is 0.269. The first-order valence-electron chi connectivity index (χ1n) is 5.81. The third-order valence-corrected chi connectivity index (χ3v) is 4.06.